The Kier molecular flexibility index (Phi) is 7.47. The molecular formula is C19H24N2O3. The van der Waals surface area contributed by atoms with Crippen LogP contribution in [0.3, 0.4) is 0 Å². The van der Waals surface area contributed by atoms with Gasteiger partial charge in [0.15, 0.2) is 0 Å². The van der Waals surface area contributed by atoms with E-state index in [0.717, 1.165) is 24.3 Å². The summed E-state index contributed by atoms with van der Waals surface area (Å²) in [6.45, 7) is 1.50. The van der Waals surface area contributed by atoms with Crippen LogP contribution in [0.5, 0.6) is 11.5 Å². The van der Waals surface area contributed by atoms with Gasteiger partial charge in [0.05, 0.1) is 13.7 Å². The molecule has 128 valence electrons. The predicted molar refractivity (Wildman–Crippen MR) is 94.7 cm³/mol. The number of aryl methyl sites for hydroxylation is 1. The molecule has 0 heterocycles. The lowest BCUT2D eigenvalue weighted by Gasteiger charge is -2.10. The van der Waals surface area contributed by atoms with Gasteiger partial charge in [0.25, 0.3) is 0 Å². The number of methoxy groups -OCH3 is 1. The van der Waals surface area contributed by atoms with Crippen molar-refractivity contribution in [3.8, 4) is 11.5 Å². The maximum absolute atomic E-state index is 11.7. The van der Waals surface area contributed by atoms with Crippen molar-refractivity contribution in [3.05, 3.63) is 60.2 Å². The van der Waals surface area contributed by atoms with Gasteiger partial charge in [-0.3, -0.25) is 0 Å². The standard InChI is InChI=1S/C19H24N2O3/c1-23-17-10-5-11-18(15-17)24-14-13-21-19(22)20-12-6-9-16-7-3-2-4-8-16/h2-5,7-8,10-11,15H,6,9,12-14H2,1H3,(H2,20,21,22). The summed E-state index contributed by atoms with van der Waals surface area (Å²) < 4.78 is 10.7. The normalized spacial score (nSPS) is 10.0. The van der Waals surface area contributed by atoms with Crippen LogP contribution < -0.4 is 20.1 Å². The number of ether oxygens (including phenoxy) is 2. The molecule has 0 radical (unpaired) electrons. The first kappa shape index (κ1) is 17.7. The van der Waals surface area contributed by atoms with Crippen molar-refractivity contribution in [3.63, 3.8) is 0 Å². The zero-order valence-corrected chi connectivity index (χ0v) is 14.0. The molecule has 0 aliphatic heterocycles. The van der Waals surface area contributed by atoms with E-state index in [0.29, 0.717) is 19.7 Å². The van der Waals surface area contributed by atoms with Crippen LogP contribution in [0.4, 0.5) is 4.79 Å². The van der Waals surface area contributed by atoms with Crippen molar-refractivity contribution < 1.29 is 14.3 Å². The van der Waals surface area contributed by atoms with Crippen LogP contribution in [0.1, 0.15) is 12.0 Å². The molecule has 0 spiro atoms. The predicted octanol–water partition coefficient (Wildman–Crippen LogP) is 3.01. The van der Waals surface area contributed by atoms with E-state index in [2.05, 4.69) is 22.8 Å². The van der Waals surface area contributed by atoms with Gasteiger partial charge < -0.3 is 20.1 Å². The van der Waals surface area contributed by atoms with E-state index >= 15 is 0 Å². The SMILES string of the molecule is COc1cccc(OCCNC(=O)NCCCc2ccccc2)c1. The van der Waals surface area contributed by atoms with Crippen LogP contribution in [0.25, 0.3) is 0 Å². The van der Waals surface area contributed by atoms with Gasteiger partial charge >= 0.3 is 6.03 Å². The monoisotopic (exact) mass is 328 g/mol. The summed E-state index contributed by atoms with van der Waals surface area (Å²) in [6, 6.07) is 17.5. The van der Waals surface area contributed by atoms with E-state index < -0.39 is 0 Å². The van der Waals surface area contributed by atoms with Gasteiger partial charge in [-0.15, -0.1) is 0 Å². The maximum Gasteiger partial charge on any atom is 0.314 e. The molecule has 0 saturated carbocycles. The number of hydrogen-bond donors (Lipinski definition) is 2. The highest BCUT2D eigenvalue weighted by atomic mass is 16.5. The van der Waals surface area contributed by atoms with Crippen molar-refractivity contribution in [2.75, 3.05) is 26.8 Å². The number of rotatable bonds is 9. The highest BCUT2D eigenvalue weighted by Crippen LogP contribution is 2.18. The van der Waals surface area contributed by atoms with Gasteiger partial charge in [0.2, 0.25) is 0 Å². The quantitative estimate of drug-likeness (QED) is 0.696. The second-order valence-corrected chi connectivity index (χ2v) is 5.30. The Hall–Kier alpha value is -2.69. The number of amides is 2. The molecular weight excluding hydrogens is 304 g/mol. The van der Waals surface area contributed by atoms with Crippen LogP contribution in [-0.2, 0) is 6.42 Å². The van der Waals surface area contributed by atoms with Crippen LogP contribution in [0.15, 0.2) is 54.6 Å². The zero-order valence-electron chi connectivity index (χ0n) is 14.0. The lowest BCUT2D eigenvalue weighted by Crippen LogP contribution is -2.38. The van der Waals surface area contributed by atoms with Crippen LogP contribution in [0, 0.1) is 0 Å². The van der Waals surface area contributed by atoms with Crippen molar-refractivity contribution in [1.29, 1.82) is 0 Å². The molecule has 2 aromatic rings. The van der Waals surface area contributed by atoms with Gasteiger partial charge in [0, 0.05) is 12.6 Å². The summed E-state index contributed by atoms with van der Waals surface area (Å²) in [6.07, 6.45) is 1.87. The number of carbonyl (C=O) groups excluding carboxylic acids is 1. The summed E-state index contributed by atoms with van der Waals surface area (Å²) in [5.74, 6) is 1.47. The zero-order chi connectivity index (χ0) is 17.0. The molecule has 2 N–H and O–H groups in total. The molecule has 5 heteroatoms. The Bertz CT molecular complexity index is 617. The lowest BCUT2D eigenvalue weighted by molar-refractivity contribution is 0.236. The van der Waals surface area contributed by atoms with Crippen LogP contribution in [0.2, 0.25) is 0 Å². The highest BCUT2D eigenvalue weighted by molar-refractivity contribution is 5.73. The topological polar surface area (TPSA) is 59.6 Å². The summed E-state index contributed by atoms with van der Waals surface area (Å²) in [7, 11) is 1.61. The number of carbonyl (C=O) groups is 1. The molecule has 0 aliphatic rings. The fourth-order valence-corrected chi connectivity index (χ4v) is 2.23. The van der Waals surface area contributed by atoms with Crippen molar-refractivity contribution in [2.45, 2.75) is 12.8 Å². The third-order valence-corrected chi connectivity index (χ3v) is 3.47. The first-order valence-corrected chi connectivity index (χ1v) is 8.10. The molecule has 2 aromatic carbocycles. The number of nitrogens with one attached hydrogen (secondary N) is 2. The maximum atomic E-state index is 11.7. The molecule has 0 saturated heterocycles. The van der Waals surface area contributed by atoms with E-state index in [9.17, 15) is 4.79 Å². The first-order valence-electron chi connectivity index (χ1n) is 8.10. The molecule has 0 bridgehead atoms. The summed E-state index contributed by atoms with van der Waals surface area (Å²) in [4.78, 5) is 11.7. The van der Waals surface area contributed by atoms with E-state index in [1.807, 2.05) is 42.5 Å². The van der Waals surface area contributed by atoms with Crippen molar-refractivity contribution in [2.24, 2.45) is 0 Å². The van der Waals surface area contributed by atoms with E-state index in [4.69, 9.17) is 9.47 Å². The van der Waals surface area contributed by atoms with Gasteiger partial charge in [-0.2, -0.15) is 0 Å². The highest BCUT2D eigenvalue weighted by Gasteiger charge is 2.00. The Morgan fingerprint density at radius 3 is 2.50 bits per heavy atom. The molecule has 0 aromatic heterocycles. The minimum Gasteiger partial charge on any atom is -0.497 e. The summed E-state index contributed by atoms with van der Waals surface area (Å²) >= 11 is 0. The second-order valence-electron chi connectivity index (χ2n) is 5.30. The Morgan fingerprint density at radius 1 is 0.958 bits per heavy atom. The average molecular weight is 328 g/mol. The molecule has 2 rings (SSSR count). The van der Waals surface area contributed by atoms with Gasteiger partial charge in [-0.05, 0) is 30.5 Å². The molecule has 0 atom stereocenters. The third-order valence-electron chi connectivity index (χ3n) is 3.47. The van der Waals surface area contributed by atoms with Gasteiger partial charge in [0.1, 0.15) is 18.1 Å². The van der Waals surface area contributed by atoms with E-state index in [1.165, 1.54) is 5.56 Å². The smallest absolute Gasteiger partial charge is 0.314 e. The fourth-order valence-electron chi connectivity index (χ4n) is 2.23. The molecule has 2 amide bonds. The molecule has 24 heavy (non-hydrogen) atoms. The fraction of sp³-hybridized carbons (Fsp3) is 0.316. The Balaban J connectivity index is 1.53. The number of hydrogen-bond acceptors (Lipinski definition) is 3. The number of urea groups is 1. The van der Waals surface area contributed by atoms with E-state index in [-0.39, 0.29) is 6.03 Å². The van der Waals surface area contributed by atoms with Gasteiger partial charge in [-0.1, -0.05) is 36.4 Å². The molecule has 0 unspecified atom stereocenters. The van der Waals surface area contributed by atoms with Crippen LogP contribution >= 0.6 is 0 Å². The van der Waals surface area contributed by atoms with Crippen molar-refractivity contribution in [1.82, 2.24) is 10.6 Å². The van der Waals surface area contributed by atoms with Crippen LogP contribution in [-0.4, -0.2) is 32.8 Å². The minimum absolute atomic E-state index is 0.169. The Morgan fingerprint density at radius 2 is 1.71 bits per heavy atom. The minimum atomic E-state index is -0.169. The lowest BCUT2D eigenvalue weighted by atomic mass is 10.1. The average Bonchev–Trinajstić information content (AvgIpc) is 2.63. The summed E-state index contributed by atoms with van der Waals surface area (Å²) in [5.41, 5.74) is 1.28. The van der Waals surface area contributed by atoms with Crippen molar-refractivity contribution >= 4 is 6.03 Å². The van der Waals surface area contributed by atoms with E-state index in [1.54, 1.807) is 7.11 Å². The largest absolute Gasteiger partial charge is 0.497 e. The first-order chi connectivity index (χ1) is 11.8. The van der Waals surface area contributed by atoms with Gasteiger partial charge in [-0.25, -0.2) is 4.79 Å². The Labute approximate surface area is 143 Å². The second kappa shape index (κ2) is 10.2. The molecule has 0 aliphatic carbocycles. The summed E-state index contributed by atoms with van der Waals surface area (Å²) in [5, 5.41) is 5.62. The third kappa shape index (κ3) is 6.60. The number of benzene rings is 2. The molecule has 0 fully saturated rings. The molecule has 5 nitrogen and oxygen atoms in total.